The van der Waals surface area contributed by atoms with Crippen molar-refractivity contribution in [3.63, 3.8) is 0 Å². The standard InChI is InChI=1S/C16H13F5N2O2S/c1-23(9-10-4-6-11(7-5-10)25-15(17)18)14(24)12-3-2-8-22-13(12)26-16(19,20)21/h2-8,15H,9H2,1H3. The number of rotatable bonds is 6. The van der Waals surface area contributed by atoms with Gasteiger partial charge in [-0.1, -0.05) is 12.1 Å². The van der Waals surface area contributed by atoms with Gasteiger partial charge in [0.25, 0.3) is 5.91 Å². The molecule has 1 aromatic carbocycles. The van der Waals surface area contributed by atoms with E-state index in [0.717, 1.165) is 0 Å². The van der Waals surface area contributed by atoms with E-state index < -0.39 is 34.8 Å². The summed E-state index contributed by atoms with van der Waals surface area (Å²) in [7, 11) is 1.42. The SMILES string of the molecule is CN(Cc1ccc(OC(F)F)cc1)C(=O)c1cccnc1SC(F)(F)F. The van der Waals surface area contributed by atoms with Crippen LogP contribution in [-0.4, -0.2) is 35.0 Å². The molecule has 0 saturated heterocycles. The topological polar surface area (TPSA) is 42.4 Å². The van der Waals surface area contributed by atoms with Gasteiger partial charge in [0.05, 0.1) is 5.56 Å². The van der Waals surface area contributed by atoms with Gasteiger partial charge in [0.15, 0.2) is 0 Å². The lowest BCUT2D eigenvalue weighted by atomic mass is 10.2. The molecule has 4 nitrogen and oxygen atoms in total. The number of hydrogen-bond acceptors (Lipinski definition) is 4. The van der Waals surface area contributed by atoms with Crippen molar-refractivity contribution in [1.82, 2.24) is 9.88 Å². The number of halogens is 5. The highest BCUT2D eigenvalue weighted by Gasteiger charge is 2.32. The lowest BCUT2D eigenvalue weighted by molar-refractivity contribution is -0.0498. The van der Waals surface area contributed by atoms with Crippen LogP contribution in [0.25, 0.3) is 0 Å². The van der Waals surface area contributed by atoms with Crippen LogP contribution < -0.4 is 4.74 Å². The largest absolute Gasteiger partial charge is 0.447 e. The maximum atomic E-state index is 12.6. The first-order chi connectivity index (χ1) is 12.2. The van der Waals surface area contributed by atoms with E-state index in [1.807, 2.05) is 0 Å². The zero-order valence-electron chi connectivity index (χ0n) is 13.3. The molecule has 26 heavy (non-hydrogen) atoms. The van der Waals surface area contributed by atoms with Gasteiger partial charge < -0.3 is 9.64 Å². The van der Waals surface area contributed by atoms with Crippen molar-refractivity contribution in [2.24, 2.45) is 0 Å². The molecule has 140 valence electrons. The van der Waals surface area contributed by atoms with Crippen molar-refractivity contribution >= 4 is 17.7 Å². The summed E-state index contributed by atoms with van der Waals surface area (Å²) in [4.78, 5) is 17.3. The van der Waals surface area contributed by atoms with E-state index in [2.05, 4.69) is 9.72 Å². The molecule has 0 radical (unpaired) electrons. The van der Waals surface area contributed by atoms with E-state index in [4.69, 9.17) is 0 Å². The predicted octanol–water partition coefficient (Wildman–Crippen LogP) is 4.57. The summed E-state index contributed by atoms with van der Waals surface area (Å²) in [5, 5.41) is -0.433. The first-order valence-electron chi connectivity index (χ1n) is 7.15. The second kappa shape index (κ2) is 8.35. The molecule has 0 spiro atoms. The Bertz CT molecular complexity index is 753. The number of carbonyl (C=O) groups excluding carboxylic acids is 1. The molecule has 0 aliphatic heterocycles. The third kappa shape index (κ3) is 5.87. The summed E-state index contributed by atoms with van der Waals surface area (Å²) in [5.74, 6) is -0.674. The second-order valence-electron chi connectivity index (χ2n) is 5.09. The van der Waals surface area contributed by atoms with Crippen LogP contribution in [0.1, 0.15) is 15.9 Å². The van der Waals surface area contributed by atoms with Crippen molar-refractivity contribution in [2.45, 2.75) is 23.7 Å². The van der Waals surface area contributed by atoms with Crippen LogP contribution in [0.15, 0.2) is 47.6 Å². The van der Waals surface area contributed by atoms with Crippen molar-refractivity contribution < 1.29 is 31.5 Å². The number of pyridine rings is 1. The highest BCUT2D eigenvalue weighted by molar-refractivity contribution is 8.00. The quantitative estimate of drug-likeness (QED) is 0.534. The molecule has 10 heteroatoms. The number of aromatic nitrogens is 1. The highest BCUT2D eigenvalue weighted by Crippen LogP contribution is 2.37. The van der Waals surface area contributed by atoms with Crippen molar-refractivity contribution in [2.75, 3.05) is 7.05 Å². The van der Waals surface area contributed by atoms with Gasteiger partial charge >= 0.3 is 12.1 Å². The summed E-state index contributed by atoms with van der Waals surface area (Å²) in [6, 6.07) is 8.23. The maximum absolute atomic E-state index is 12.6. The third-order valence-electron chi connectivity index (χ3n) is 3.13. The molecule has 1 heterocycles. The van der Waals surface area contributed by atoms with Crippen LogP contribution in [0.2, 0.25) is 0 Å². The van der Waals surface area contributed by atoms with Gasteiger partial charge in [-0.05, 0) is 29.8 Å². The Morgan fingerprint density at radius 1 is 1.23 bits per heavy atom. The fourth-order valence-corrected chi connectivity index (χ4v) is 2.67. The van der Waals surface area contributed by atoms with E-state index in [9.17, 15) is 26.7 Å². The number of hydrogen-bond donors (Lipinski definition) is 0. The molecule has 0 saturated carbocycles. The normalized spacial score (nSPS) is 11.5. The Morgan fingerprint density at radius 3 is 2.46 bits per heavy atom. The molecule has 0 unspecified atom stereocenters. The molecular weight excluding hydrogens is 379 g/mol. The molecule has 0 atom stereocenters. The van der Waals surface area contributed by atoms with Crippen molar-refractivity contribution in [3.05, 3.63) is 53.7 Å². The minimum Gasteiger partial charge on any atom is -0.435 e. The number of nitrogens with zero attached hydrogens (tertiary/aromatic N) is 2. The van der Waals surface area contributed by atoms with E-state index >= 15 is 0 Å². The highest BCUT2D eigenvalue weighted by atomic mass is 32.2. The molecule has 2 aromatic rings. The fraction of sp³-hybridized carbons (Fsp3) is 0.250. The van der Waals surface area contributed by atoms with Gasteiger partial charge in [-0.3, -0.25) is 4.79 Å². The molecule has 0 fully saturated rings. The first-order valence-corrected chi connectivity index (χ1v) is 7.97. The monoisotopic (exact) mass is 392 g/mol. The van der Waals surface area contributed by atoms with Gasteiger partial charge in [0, 0.05) is 31.6 Å². The van der Waals surface area contributed by atoms with E-state index in [1.54, 1.807) is 0 Å². The average Bonchev–Trinajstić information content (AvgIpc) is 2.54. The summed E-state index contributed by atoms with van der Waals surface area (Å²) in [6.45, 7) is -2.88. The maximum Gasteiger partial charge on any atom is 0.447 e. The minimum absolute atomic E-state index is 0.0335. The second-order valence-corrected chi connectivity index (χ2v) is 6.14. The Hall–Kier alpha value is -2.36. The molecule has 2 rings (SSSR count). The zero-order valence-corrected chi connectivity index (χ0v) is 14.2. The number of amides is 1. The van der Waals surface area contributed by atoms with Gasteiger partial charge in [0.1, 0.15) is 10.8 Å². The summed E-state index contributed by atoms with van der Waals surface area (Å²) in [6.07, 6.45) is 1.17. The van der Waals surface area contributed by atoms with Crippen LogP contribution >= 0.6 is 11.8 Å². The van der Waals surface area contributed by atoms with Gasteiger partial charge in [0.2, 0.25) is 0 Å². The number of alkyl halides is 5. The number of benzene rings is 1. The smallest absolute Gasteiger partial charge is 0.435 e. The number of ether oxygens (including phenoxy) is 1. The number of carbonyl (C=O) groups is 1. The summed E-state index contributed by atoms with van der Waals surface area (Å²) in [5.41, 5.74) is -4.14. The van der Waals surface area contributed by atoms with E-state index in [0.29, 0.717) is 5.56 Å². The average molecular weight is 392 g/mol. The molecule has 0 aliphatic carbocycles. The Balaban J connectivity index is 2.10. The van der Waals surface area contributed by atoms with Gasteiger partial charge in [-0.25, -0.2) is 4.98 Å². The minimum atomic E-state index is -4.57. The van der Waals surface area contributed by atoms with Crippen LogP contribution in [0.5, 0.6) is 5.75 Å². The Kier molecular flexibility index (Phi) is 6.41. The number of thioether (sulfide) groups is 1. The molecule has 1 aromatic heterocycles. The summed E-state index contributed by atoms with van der Waals surface area (Å²) < 4.78 is 66.2. The van der Waals surface area contributed by atoms with E-state index in [-0.39, 0.29) is 17.9 Å². The first kappa shape index (κ1) is 20.0. The lowest BCUT2D eigenvalue weighted by Gasteiger charge is -2.19. The Morgan fingerprint density at radius 2 is 1.88 bits per heavy atom. The van der Waals surface area contributed by atoms with Gasteiger partial charge in [-0.15, -0.1) is 0 Å². The molecule has 1 amide bonds. The predicted molar refractivity (Wildman–Crippen MR) is 85.0 cm³/mol. The van der Waals surface area contributed by atoms with E-state index in [1.165, 1.54) is 54.5 Å². The van der Waals surface area contributed by atoms with Crippen LogP contribution in [0, 0.1) is 0 Å². The zero-order chi connectivity index (χ0) is 19.3. The molecule has 0 N–H and O–H groups in total. The van der Waals surface area contributed by atoms with Crippen molar-refractivity contribution in [1.29, 1.82) is 0 Å². The van der Waals surface area contributed by atoms with Crippen molar-refractivity contribution in [3.8, 4) is 5.75 Å². The molecular formula is C16H13F5N2O2S. The molecule has 0 aliphatic rings. The molecule has 0 bridgehead atoms. The van der Waals surface area contributed by atoms with Crippen LogP contribution in [0.3, 0.4) is 0 Å². The fourth-order valence-electron chi connectivity index (χ4n) is 2.07. The van der Waals surface area contributed by atoms with Gasteiger partial charge in [-0.2, -0.15) is 22.0 Å². The lowest BCUT2D eigenvalue weighted by Crippen LogP contribution is -2.27. The third-order valence-corrected chi connectivity index (χ3v) is 3.88. The summed E-state index contributed by atoms with van der Waals surface area (Å²) >= 11 is -0.459. The Labute approximate surface area is 150 Å². The van der Waals surface area contributed by atoms with Crippen LogP contribution in [-0.2, 0) is 6.54 Å². The van der Waals surface area contributed by atoms with Crippen LogP contribution in [0.4, 0.5) is 22.0 Å².